The first-order valence-electron chi connectivity index (χ1n) is 9.44. The van der Waals surface area contributed by atoms with Gasteiger partial charge in [-0.15, -0.1) is 0 Å². The first-order chi connectivity index (χ1) is 13.4. The number of benzene rings is 2. The highest BCUT2D eigenvalue weighted by Crippen LogP contribution is 2.33. The number of sulfone groups is 1. The van der Waals surface area contributed by atoms with Gasteiger partial charge in [-0.05, 0) is 55.2 Å². The van der Waals surface area contributed by atoms with Gasteiger partial charge in [-0.3, -0.25) is 4.79 Å². The quantitative estimate of drug-likeness (QED) is 0.608. The molecule has 158 valence electrons. The normalized spacial score (nSPS) is 13.9. The van der Waals surface area contributed by atoms with E-state index in [2.05, 4.69) is 13.8 Å². The van der Waals surface area contributed by atoms with Crippen LogP contribution < -0.4 is 0 Å². The van der Waals surface area contributed by atoms with Crippen molar-refractivity contribution in [2.75, 3.05) is 13.3 Å². The van der Waals surface area contributed by atoms with Crippen molar-refractivity contribution in [3.05, 3.63) is 59.4 Å². The highest BCUT2D eigenvalue weighted by atomic mass is 32.2. The van der Waals surface area contributed by atoms with Gasteiger partial charge in [-0.25, -0.2) is 12.8 Å². The van der Waals surface area contributed by atoms with E-state index in [0.717, 1.165) is 11.2 Å². The molecule has 0 bridgehead atoms. The highest BCUT2D eigenvalue weighted by Gasteiger charge is 2.29. The molecule has 0 N–H and O–H groups in total. The molecule has 0 saturated carbocycles. The van der Waals surface area contributed by atoms with Gasteiger partial charge in [-0.2, -0.15) is 0 Å². The second kappa shape index (κ2) is 9.30. The monoisotopic (exact) mass is 437 g/mol. The molecule has 2 aromatic carbocycles. The zero-order valence-corrected chi connectivity index (χ0v) is 19.3. The van der Waals surface area contributed by atoms with E-state index in [-0.39, 0.29) is 5.82 Å². The first kappa shape index (κ1) is 23.4. The van der Waals surface area contributed by atoms with E-state index in [1.54, 1.807) is 19.1 Å². The lowest BCUT2D eigenvalue weighted by Crippen LogP contribution is -2.40. The van der Waals surface area contributed by atoms with Crippen LogP contribution in [0, 0.1) is 5.82 Å². The molecular weight excluding hydrogens is 409 g/mol. The second-order valence-electron chi connectivity index (χ2n) is 7.61. The molecule has 0 spiro atoms. The summed E-state index contributed by atoms with van der Waals surface area (Å²) in [5.74, 6) is -0.440. The van der Waals surface area contributed by atoms with Crippen molar-refractivity contribution in [3.8, 4) is 0 Å². The average molecular weight is 438 g/mol. The highest BCUT2D eigenvalue weighted by molar-refractivity contribution is 7.99. The molecule has 0 aliphatic rings. The summed E-state index contributed by atoms with van der Waals surface area (Å²) in [6, 6.07) is 12.5. The molecule has 0 aliphatic heterocycles. The predicted octanol–water partition coefficient (Wildman–Crippen LogP) is 5.05. The predicted molar refractivity (Wildman–Crippen MR) is 117 cm³/mol. The largest absolute Gasteiger partial charge is 0.338 e. The Balaban J connectivity index is 2.16. The fraction of sp³-hybridized carbons (Fsp3) is 0.409. The Morgan fingerprint density at radius 2 is 1.55 bits per heavy atom. The Labute approximate surface area is 177 Å². The van der Waals surface area contributed by atoms with E-state index >= 15 is 0 Å². The minimum Gasteiger partial charge on any atom is -0.338 e. The van der Waals surface area contributed by atoms with Crippen LogP contribution in [0.2, 0.25) is 0 Å². The van der Waals surface area contributed by atoms with Gasteiger partial charge < -0.3 is 4.90 Å². The number of rotatable bonds is 7. The van der Waals surface area contributed by atoms with Crippen molar-refractivity contribution < 1.29 is 17.6 Å². The van der Waals surface area contributed by atoms with Gasteiger partial charge in [-0.1, -0.05) is 43.8 Å². The lowest BCUT2D eigenvalue weighted by Gasteiger charge is -2.27. The molecule has 2 atom stereocenters. The summed E-state index contributed by atoms with van der Waals surface area (Å²) in [7, 11) is -1.96. The van der Waals surface area contributed by atoms with Crippen LogP contribution in [0.4, 0.5) is 4.39 Å². The number of amides is 1. The standard InChI is InChI=1S/C22H28FNO3S2/c1-14(2)17-7-10-19(11-8-17)28-21-12-9-18(13-20(21)23)15(3)24(5)22(25)16(4)29(6,26)27/h7-16H,1-6H3/t15-,16-/m0/s1. The van der Waals surface area contributed by atoms with Gasteiger partial charge in [0.25, 0.3) is 0 Å². The summed E-state index contributed by atoms with van der Waals surface area (Å²) in [6.07, 6.45) is 1.04. The van der Waals surface area contributed by atoms with Crippen LogP contribution in [0.3, 0.4) is 0 Å². The van der Waals surface area contributed by atoms with Gasteiger partial charge >= 0.3 is 0 Å². The zero-order chi connectivity index (χ0) is 21.9. The lowest BCUT2D eigenvalue weighted by molar-refractivity contribution is -0.131. The van der Waals surface area contributed by atoms with E-state index in [1.807, 2.05) is 24.3 Å². The van der Waals surface area contributed by atoms with Crippen LogP contribution in [0.15, 0.2) is 52.3 Å². The van der Waals surface area contributed by atoms with Crippen LogP contribution in [0.25, 0.3) is 0 Å². The summed E-state index contributed by atoms with van der Waals surface area (Å²) >= 11 is 1.34. The van der Waals surface area contributed by atoms with Crippen molar-refractivity contribution in [3.63, 3.8) is 0 Å². The van der Waals surface area contributed by atoms with Gasteiger partial charge in [0.1, 0.15) is 11.1 Å². The molecule has 0 aromatic heterocycles. The third-order valence-electron chi connectivity index (χ3n) is 5.13. The molecular formula is C22H28FNO3S2. The van der Waals surface area contributed by atoms with E-state index in [1.165, 1.54) is 42.3 Å². The van der Waals surface area contributed by atoms with Crippen molar-refractivity contribution in [2.45, 2.75) is 54.7 Å². The molecule has 0 heterocycles. The molecule has 0 radical (unpaired) electrons. The zero-order valence-electron chi connectivity index (χ0n) is 17.6. The molecule has 4 nitrogen and oxygen atoms in total. The Morgan fingerprint density at radius 1 is 1.00 bits per heavy atom. The topological polar surface area (TPSA) is 54.5 Å². The van der Waals surface area contributed by atoms with Crippen molar-refractivity contribution in [1.82, 2.24) is 4.90 Å². The summed E-state index contributed by atoms with van der Waals surface area (Å²) in [5, 5.41) is -1.14. The van der Waals surface area contributed by atoms with Crippen LogP contribution in [0.5, 0.6) is 0 Å². The average Bonchev–Trinajstić information content (AvgIpc) is 2.66. The Bertz CT molecular complexity index is 972. The van der Waals surface area contributed by atoms with Gasteiger partial charge in [0.15, 0.2) is 9.84 Å². The molecule has 0 fully saturated rings. The van der Waals surface area contributed by atoms with Gasteiger partial charge in [0.05, 0.1) is 6.04 Å². The molecule has 1 amide bonds. The summed E-state index contributed by atoms with van der Waals surface area (Å²) in [4.78, 5) is 15.2. The summed E-state index contributed by atoms with van der Waals surface area (Å²) < 4.78 is 38.0. The minimum atomic E-state index is -3.49. The molecule has 0 saturated heterocycles. The maximum absolute atomic E-state index is 14.7. The Hall–Kier alpha value is -1.86. The Morgan fingerprint density at radius 3 is 2.03 bits per heavy atom. The third-order valence-corrected chi connectivity index (χ3v) is 7.68. The second-order valence-corrected chi connectivity index (χ2v) is 11.1. The van der Waals surface area contributed by atoms with Crippen LogP contribution >= 0.6 is 11.8 Å². The van der Waals surface area contributed by atoms with Crippen LogP contribution in [-0.4, -0.2) is 37.8 Å². The number of nitrogens with zero attached hydrogens (tertiary/aromatic N) is 1. The number of hydrogen-bond donors (Lipinski definition) is 0. The van der Waals surface area contributed by atoms with Crippen LogP contribution in [-0.2, 0) is 14.6 Å². The molecule has 0 aliphatic carbocycles. The first-order valence-corrected chi connectivity index (χ1v) is 12.2. The molecule has 29 heavy (non-hydrogen) atoms. The third kappa shape index (κ3) is 5.82. The van der Waals surface area contributed by atoms with Crippen LogP contribution in [0.1, 0.15) is 50.8 Å². The molecule has 0 unspecified atom stereocenters. The van der Waals surface area contributed by atoms with E-state index in [9.17, 15) is 17.6 Å². The number of halogens is 1. The van der Waals surface area contributed by atoms with E-state index < -0.39 is 27.0 Å². The molecule has 2 aromatic rings. The molecule has 7 heteroatoms. The lowest BCUT2D eigenvalue weighted by atomic mass is 10.0. The molecule has 2 rings (SSSR count). The van der Waals surface area contributed by atoms with Gasteiger partial charge in [0, 0.05) is 23.1 Å². The number of carbonyl (C=O) groups excluding carboxylic acids is 1. The smallest absolute Gasteiger partial charge is 0.240 e. The van der Waals surface area contributed by atoms with E-state index in [0.29, 0.717) is 16.4 Å². The summed E-state index contributed by atoms with van der Waals surface area (Å²) in [6.45, 7) is 7.37. The summed E-state index contributed by atoms with van der Waals surface area (Å²) in [5.41, 5.74) is 1.84. The number of hydrogen-bond acceptors (Lipinski definition) is 4. The van der Waals surface area contributed by atoms with E-state index in [4.69, 9.17) is 0 Å². The fourth-order valence-corrected chi connectivity index (χ4v) is 4.14. The van der Waals surface area contributed by atoms with Crippen molar-refractivity contribution in [2.24, 2.45) is 0 Å². The van der Waals surface area contributed by atoms with Gasteiger partial charge in [0.2, 0.25) is 5.91 Å². The SMILES string of the molecule is CC(C)c1ccc(Sc2ccc([C@H](C)N(C)C(=O)[C@H](C)S(C)(=O)=O)cc2F)cc1. The van der Waals surface area contributed by atoms with Crippen molar-refractivity contribution in [1.29, 1.82) is 0 Å². The Kier molecular flexibility index (Phi) is 7.51. The maximum atomic E-state index is 14.7. The fourth-order valence-electron chi connectivity index (χ4n) is 2.79. The maximum Gasteiger partial charge on any atom is 0.240 e. The number of carbonyl (C=O) groups is 1. The minimum absolute atomic E-state index is 0.371. The van der Waals surface area contributed by atoms with Crippen molar-refractivity contribution >= 4 is 27.5 Å².